The number of aromatic nitrogens is 2. The normalized spacial score (nSPS) is 25.2. The van der Waals surface area contributed by atoms with Crippen LogP contribution in [-0.4, -0.2) is 47.1 Å². The van der Waals surface area contributed by atoms with Gasteiger partial charge in [-0.1, -0.05) is 33.8 Å². The van der Waals surface area contributed by atoms with E-state index in [9.17, 15) is 13.2 Å². The summed E-state index contributed by atoms with van der Waals surface area (Å²) in [5.74, 6) is 0.586. The summed E-state index contributed by atoms with van der Waals surface area (Å²) in [7, 11) is 1.95. The number of fused-ring (bicyclic) bond motifs is 1. The van der Waals surface area contributed by atoms with Crippen molar-refractivity contribution in [1.82, 2.24) is 19.8 Å². The maximum absolute atomic E-state index is 12.5. The van der Waals surface area contributed by atoms with Crippen LogP contribution in [0.25, 0.3) is 10.9 Å². The standard InChI is InChI=1S/C21H29F3N4OS.2C2H6/c1-28-20-7-4-15(10-16(20)12-26-28)14-2-5-18(6-3-14)29-13-17-11-25-9-8-19(17)27-30-21(22,23)24;2*1-2/h4,7,10,12,14,17-19,25,27H,2-3,5-6,8-9,11,13H2,1H3;2*1-2H3. The van der Waals surface area contributed by atoms with Gasteiger partial charge in [0.05, 0.1) is 24.4 Å². The molecule has 1 aromatic heterocycles. The van der Waals surface area contributed by atoms with Crippen molar-refractivity contribution >= 4 is 22.9 Å². The van der Waals surface area contributed by atoms with Crippen molar-refractivity contribution in [3.63, 3.8) is 0 Å². The summed E-state index contributed by atoms with van der Waals surface area (Å²) < 4.78 is 48.2. The fourth-order valence-corrected chi connectivity index (χ4v) is 5.25. The second-order valence-corrected chi connectivity index (χ2v) is 9.32. The maximum atomic E-state index is 12.5. The van der Waals surface area contributed by atoms with E-state index in [4.69, 9.17) is 4.74 Å². The highest BCUT2D eigenvalue weighted by molar-refractivity contribution is 7.98. The van der Waals surface area contributed by atoms with Crippen LogP contribution in [0.4, 0.5) is 13.2 Å². The summed E-state index contributed by atoms with van der Waals surface area (Å²) in [4.78, 5) is 0. The molecular weight excluding hydrogens is 461 g/mol. The number of nitrogens with zero attached hydrogens (tertiary/aromatic N) is 2. The predicted octanol–water partition coefficient (Wildman–Crippen LogP) is 6.40. The Bertz CT molecular complexity index is 837. The molecule has 0 amide bonds. The summed E-state index contributed by atoms with van der Waals surface area (Å²) in [5.41, 5.74) is -1.75. The Balaban J connectivity index is 0.000000970. The molecule has 2 N–H and O–H groups in total. The number of aryl methyl sites for hydroxylation is 1. The van der Waals surface area contributed by atoms with Gasteiger partial charge in [0.25, 0.3) is 0 Å². The average molecular weight is 503 g/mol. The Labute approximate surface area is 206 Å². The number of hydrogen-bond acceptors (Lipinski definition) is 5. The quantitative estimate of drug-likeness (QED) is 0.448. The van der Waals surface area contributed by atoms with Gasteiger partial charge in [-0.3, -0.25) is 9.40 Å². The molecule has 1 aliphatic carbocycles. The van der Waals surface area contributed by atoms with E-state index in [0.29, 0.717) is 25.5 Å². The number of piperidine rings is 1. The Morgan fingerprint density at radius 3 is 2.50 bits per heavy atom. The lowest BCUT2D eigenvalue weighted by molar-refractivity contribution is -0.0347. The lowest BCUT2D eigenvalue weighted by Gasteiger charge is -2.35. The zero-order chi connectivity index (χ0) is 25.1. The monoisotopic (exact) mass is 502 g/mol. The van der Waals surface area contributed by atoms with E-state index in [0.717, 1.165) is 37.7 Å². The highest BCUT2D eigenvalue weighted by Gasteiger charge is 2.34. The van der Waals surface area contributed by atoms with Gasteiger partial charge in [-0.25, -0.2) is 0 Å². The van der Waals surface area contributed by atoms with E-state index < -0.39 is 5.51 Å². The highest BCUT2D eigenvalue weighted by atomic mass is 32.2. The number of halogens is 3. The molecule has 0 radical (unpaired) electrons. The van der Waals surface area contributed by atoms with Crippen LogP contribution in [0.5, 0.6) is 0 Å². The summed E-state index contributed by atoms with van der Waals surface area (Å²) >= 11 is -0.134. The van der Waals surface area contributed by atoms with Crippen molar-refractivity contribution in [1.29, 1.82) is 0 Å². The van der Waals surface area contributed by atoms with Crippen LogP contribution >= 0.6 is 11.9 Å². The van der Waals surface area contributed by atoms with E-state index in [1.807, 2.05) is 45.6 Å². The second kappa shape index (κ2) is 14.3. The lowest BCUT2D eigenvalue weighted by atomic mass is 9.82. The van der Waals surface area contributed by atoms with Gasteiger partial charge in [0.2, 0.25) is 0 Å². The topological polar surface area (TPSA) is 51.1 Å². The number of benzene rings is 1. The lowest BCUT2D eigenvalue weighted by Crippen LogP contribution is -2.48. The molecule has 0 spiro atoms. The number of nitrogens with one attached hydrogen (secondary N) is 2. The van der Waals surface area contributed by atoms with E-state index in [1.165, 1.54) is 10.9 Å². The van der Waals surface area contributed by atoms with Crippen molar-refractivity contribution < 1.29 is 17.9 Å². The summed E-state index contributed by atoms with van der Waals surface area (Å²) in [5, 5.41) is 8.77. The third-order valence-corrected chi connectivity index (χ3v) is 7.05. The minimum Gasteiger partial charge on any atom is -0.378 e. The van der Waals surface area contributed by atoms with Gasteiger partial charge in [0.1, 0.15) is 0 Å². The highest BCUT2D eigenvalue weighted by Crippen LogP contribution is 2.36. The van der Waals surface area contributed by atoms with Gasteiger partial charge in [-0.15, -0.1) is 0 Å². The molecule has 2 aromatic rings. The molecule has 0 bridgehead atoms. The van der Waals surface area contributed by atoms with Crippen molar-refractivity contribution in [3.05, 3.63) is 30.0 Å². The molecule has 2 heterocycles. The predicted molar refractivity (Wildman–Crippen MR) is 136 cm³/mol. The van der Waals surface area contributed by atoms with Crippen LogP contribution in [0.1, 0.15) is 71.3 Å². The van der Waals surface area contributed by atoms with Gasteiger partial charge in [-0.2, -0.15) is 18.3 Å². The van der Waals surface area contributed by atoms with Crippen LogP contribution in [-0.2, 0) is 11.8 Å². The zero-order valence-corrected chi connectivity index (χ0v) is 21.9. The van der Waals surface area contributed by atoms with Gasteiger partial charge in [0.15, 0.2) is 0 Å². The first-order chi connectivity index (χ1) is 16.4. The average Bonchev–Trinajstić information content (AvgIpc) is 3.24. The van der Waals surface area contributed by atoms with Crippen LogP contribution in [0.2, 0.25) is 0 Å². The third kappa shape index (κ3) is 8.43. The number of ether oxygens (including phenoxy) is 1. The SMILES string of the molecule is CC.CC.Cn1ncc2cc(C3CCC(OCC4CNCCC4NSC(F)(F)F)CC3)ccc21. The molecule has 194 valence electrons. The van der Waals surface area contributed by atoms with Crippen molar-refractivity contribution in [3.8, 4) is 0 Å². The van der Waals surface area contributed by atoms with Crippen molar-refractivity contribution in [2.75, 3.05) is 19.7 Å². The zero-order valence-electron chi connectivity index (χ0n) is 21.1. The van der Waals surface area contributed by atoms with Crippen LogP contribution in [0.3, 0.4) is 0 Å². The first-order valence-corrected chi connectivity index (χ1v) is 13.4. The summed E-state index contributed by atoms with van der Waals surface area (Å²) in [6, 6.07) is 6.41. The number of hydrogen-bond donors (Lipinski definition) is 2. The van der Waals surface area contributed by atoms with E-state index in [2.05, 4.69) is 33.3 Å². The number of rotatable bonds is 6. The fourth-order valence-electron chi connectivity index (χ4n) is 4.65. The third-order valence-electron chi connectivity index (χ3n) is 6.40. The van der Waals surface area contributed by atoms with E-state index in [1.54, 1.807) is 0 Å². The van der Waals surface area contributed by atoms with Gasteiger partial charge in [-0.05, 0) is 62.3 Å². The first-order valence-electron chi connectivity index (χ1n) is 12.6. The molecule has 2 aliphatic rings. The number of alkyl halides is 3. The smallest absolute Gasteiger partial charge is 0.378 e. The van der Waals surface area contributed by atoms with Gasteiger partial charge in [0, 0.05) is 42.9 Å². The van der Waals surface area contributed by atoms with Gasteiger partial charge >= 0.3 is 5.51 Å². The molecular formula is C25H41F3N4OS. The molecule has 1 aromatic carbocycles. The van der Waals surface area contributed by atoms with Crippen molar-refractivity contribution in [2.24, 2.45) is 13.0 Å². The van der Waals surface area contributed by atoms with Crippen LogP contribution in [0.15, 0.2) is 24.4 Å². The Morgan fingerprint density at radius 2 is 1.82 bits per heavy atom. The van der Waals surface area contributed by atoms with Crippen LogP contribution < -0.4 is 10.0 Å². The molecule has 1 saturated heterocycles. The molecule has 1 aliphatic heterocycles. The molecule has 2 fully saturated rings. The van der Waals surface area contributed by atoms with E-state index >= 15 is 0 Å². The molecule has 2 atom stereocenters. The molecule has 34 heavy (non-hydrogen) atoms. The van der Waals surface area contributed by atoms with Crippen molar-refractivity contribution in [2.45, 2.75) is 83.4 Å². The largest absolute Gasteiger partial charge is 0.456 e. The van der Waals surface area contributed by atoms with Crippen LogP contribution in [0, 0.1) is 5.92 Å². The molecule has 9 heteroatoms. The molecule has 1 saturated carbocycles. The Hall–Kier alpha value is -1.29. The first kappa shape index (κ1) is 28.9. The summed E-state index contributed by atoms with van der Waals surface area (Å²) in [6.45, 7) is 9.93. The van der Waals surface area contributed by atoms with E-state index in [-0.39, 0.29) is 30.0 Å². The molecule has 2 unspecified atom stereocenters. The summed E-state index contributed by atoms with van der Waals surface area (Å²) in [6.07, 6.45) is 6.92. The molecule has 4 rings (SSSR count). The van der Waals surface area contributed by atoms with Gasteiger partial charge < -0.3 is 10.1 Å². The minimum atomic E-state index is -4.26. The molecule has 5 nitrogen and oxygen atoms in total. The Kier molecular flexibility index (Phi) is 12.2. The fraction of sp³-hybridized carbons (Fsp3) is 0.720. The maximum Gasteiger partial charge on any atom is 0.456 e. The Morgan fingerprint density at radius 1 is 1.12 bits per heavy atom. The second-order valence-electron chi connectivity index (χ2n) is 8.42. The minimum absolute atomic E-state index is 0.0549.